The first kappa shape index (κ1) is 17.1. The van der Waals surface area contributed by atoms with Crippen molar-refractivity contribution in [3.05, 3.63) is 51.8 Å². The number of hydrogen-bond acceptors (Lipinski definition) is 5. The first-order valence-corrected chi connectivity index (χ1v) is 7.35. The van der Waals surface area contributed by atoms with Gasteiger partial charge in [-0.3, -0.25) is 4.98 Å². The summed E-state index contributed by atoms with van der Waals surface area (Å²) in [7, 11) is 2.95. The van der Waals surface area contributed by atoms with Gasteiger partial charge in [-0.2, -0.15) is 0 Å². The summed E-state index contributed by atoms with van der Waals surface area (Å²) in [4.78, 5) is 15.8. The van der Waals surface area contributed by atoms with E-state index in [2.05, 4.69) is 9.72 Å². The molecule has 23 heavy (non-hydrogen) atoms. The number of halogens is 1. The summed E-state index contributed by atoms with van der Waals surface area (Å²) >= 11 is 6.14. The molecule has 2 aromatic rings. The maximum atomic E-state index is 11.5. The molecule has 0 N–H and O–H groups in total. The van der Waals surface area contributed by atoms with E-state index in [1.54, 1.807) is 25.4 Å². The van der Waals surface area contributed by atoms with Crippen LogP contribution in [0.1, 0.15) is 27.2 Å². The summed E-state index contributed by atoms with van der Waals surface area (Å²) in [6.45, 7) is 4.12. The lowest BCUT2D eigenvalue weighted by atomic mass is 10.1. The second-order valence-corrected chi connectivity index (χ2v) is 5.38. The van der Waals surface area contributed by atoms with Crippen LogP contribution in [0.2, 0.25) is 5.02 Å². The topological polar surface area (TPSA) is 57.7 Å². The predicted octanol–water partition coefficient (Wildman–Crippen LogP) is 3.73. The lowest BCUT2D eigenvalue weighted by molar-refractivity contribution is 0.0600. The van der Waals surface area contributed by atoms with Crippen LogP contribution in [0.5, 0.6) is 11.5 Å². The molecule has 0 unspecified atom stereocenters. The highest BCUT2D eigenvalue weighted by atomic mass is 35.5. The highest BCUT2D eigenvalue weighted by Crippen LogP contribution is 2.28. The maximum absolute atomic E-state index is 11.5. The van der Waals surface area contributed by atoms with Gasteiger partial charge in [0.25, 0.3) is 0 Å². The average molecular weight is 336 g/mol. The molecule has 0 fully saturated rings. The first-order valence-electron chi connectivity index (χ1n) is 6.97. The summed E-state index contributed by atoms with van der Waals surface area (Å²) in [5, 5.41) is 0.338. The molecule has 6 heteroatoms. The molecule has 0 atom stereocenters. The zero-order chi connectivity index (χ0) is 17.0. The molecule has 122 valence electrons. The second kappa shape index (κ2) is 7.33. The number of carbonyl (C=O) groups is 1. The Morgan fingerprint density at radius 3 is 2.61 bits per heavy atom. The van der Waals surface area contributed by atoms with Gasteiger partial charge in [-0.05, 0) is 32.0 Å². The van der Waals surface area contributed by atoms with Crippen molar-refractivity contribution in [3.63, 3.8) is 0 Å². The van der Waals surface area contributed by atoms with Gasteiger partial charge in [0.2, 0.25) is 0 Å². The van der Waals surface area contributed by atoms with Gasteiger partial charge in [0.15, 0.2) is 0 Å². The van der Waals surface area contributed by atoms with E-state index in [4.69, 9.17) is 21.1 Å². The number of aromatic nitrogens is 1. The molecule has 1 aromatic carbocycles. The lowest BCUT2D eigenvalue weighted by Gasteiger charge is -2.13. The van der Waals surface area contributed by atoms with E-state index in [0.29, 0.717) is 16.3 Å². The van der Waals surface area contributed by atoms with Crippen molar-refractivity contribution in [3.8, 4) is 11.5 Å². The van der Waals surface area contributed by atoms with E-state index in [9.17, 15) is 4.79 Å². The van der Waals surface area contributed by atoms with E-state index in [1.165, 1.54) is 13.2 Å². The molecule has 1 aromatic heterocycles. The number of esters is 1. The molecular formula is C17H18ClNO4. The Hall–Kier alpha value is -2.27. The number of rotatable bonds is 5. The molecule has 0 aliphatic heterocycles. The largest absolute Gasteiger partial charge is 0.496 e. The minimum atomic E-state index is -0.445. The standard InChI is InChI=1S/C17H18ClNO4/c1-10-8-19-14(11(2)16(10)21-3)9-23-15-6-5-12(7-13(15)18)17(20)22-4/h5-8H,9H2,1-4H3. The van der Waals surface area contributed by atoms with Gasteiger partial charge in [-0.25, -0.2) is 4.79 Å². The average Bonchev–Trinajstić information content (AvgIpc) is 2.54. The molecule has 0 bridgehead atoms. The summed E-state index contributed by atoms with van der Waals surface area (Å²) in [5.41, 5.74) is 3.03. The highest BCUT2D eigenvalue weighted by molar-refractivity contribution is 6.32. The monoisotopic (exact) mass is 335 g/mol. The van der Waals surface area contributed by atoms with Gasteiger partial charge in [-0.15, -0.1) is 0 Å². The number of pyridine rings is 1. The Balaban J connectivity index is 2.17. The molecule has 2 rings (SSSR count). The van der Waals surface area contributed by atoms with Crippen LogP contribution in [-0.2, 0) is 11.3 Å². The first-order chi connectivity index (χ1) is 11.0. The Bertz CT molecular complexity index is 731. The minimum Gasteiger partial charge on any atom is -0.496 e. The van der Waals surface area contributed by atoms with Crippen LogP contribution in [0.3, 0.4) is 0 Å². The van der Waals surface area contributed by atoms with Crippen LogP contribution < -0.4 is 9.47 Å². The number of nitrogens with zero attached hydrogens (tertiary/aromatic N) is 1. The van der Waals surface area contributed by atoms with Crippen LogP contribution in [0.25, 0.3) is 0 Å². The molecule has 0 saturated carbocycles. The van der Waals surface area contributed by atoms with E-state index in [-0.39, 0.29) is 6.61 Å². The number of carbonyl (C=O) groups excluding carboxylic acids is 1. The summed E-state index contributed by atoms with van der Waals surface area (Å²) in [6.07, 6.45) is 1.74. The Morgan fingerprint density at radius 1 is 1.26 bits per heavy atom. The molecule has 0 spiro atoms. The third-order valence-corrected chi connectivity index (χ3v) is 3.76. The van der Waals surface area contributed by atoms with Crippen LogP contribution in [0.4, 0.5) is 0 Å². The van der Waals surface area contributed by atoms with Crippen molar-refractivity contribution in [2.24, 2.45) is 0 Å². The minimum absolute atomic E-state index is 0.250. The van der Waals surface area contributed by atoms with Crippen LogP contribution >= 0.6 is 11.6 Å². The van der Waals surface area contributed by atoms with Crippen molar-refractivity contribution in [1.29, 1.82) is 0 Å². The van der Waals surface area contributed by atoms with Crippen LogP contribution in [0.15, 0.2) is 24.4 Å². The molecule has 5 nitrogen and oxygen atoms in total. The van der Waals surface area contributed by atoms with Crippen molar-refractivity contribution in [1.82, 2.24) is 4.98 Å². The number of benzene rings is 1. The molecule has 0 aliphatic carbocycles. The zero-order valence-electron chi connectivity index (χ0n) is 13.5. The van der Waals surface area contributed by atoms with Gasteiger partial charge in [-0.1, -0.05) is 11.6 Å². The van der Waals surface area contributed by atoms with Crippen molar-refractivity contribution >= 4 is 17.6 Å². The summed E-state index contributed by atoms with van der Waals surface area (Å²) in [6, 6.07) is 4.75. The molecule has 1 heterocycles. The van der Waals surface area contributed by atoms with E-state index >= 15 is 0 Å². The van der Waals surface area contributed by atoms with Gasteiger partial charge in [0.05, 0.1) is 30.5 Å². The van der Waals surface area contributed by atoms with E-state index in [1.807, 2.05) is 13.8 Å². The summed E-state index contributed by atoms with van der Waals surface area (Å²) in [5.74, 6) is 0.824. The Morgan fingerprint density at radius 2 is 2.00 bits per heavy atom. The normalized spacial score (nSPS) is 10.3. The van der Waals surface area contributed by atoms with Crippen molar-refractivity contribution in [2.45, 2.75) is 20.5 Å². The van der Waals surface area contributed by atoms with Crippen molar-refractivity contribution in [2.75, 3.05) is 14.2 Å². The third kappa shape index (κ3) is 3.74. The third-order valence-electron chi connectivity index (χ3n) is 3.47. The zero-order valence-corrected chi connectivity index (χ0v) is 14.2. The van der Waals surface area contributed by atoms with Crippen molar-refractivity contribution < 1.29 is 19.0 Å². The van der Waals surface area contributed by atoms with E-state index in [0.717, 1.165) is 22.6 Å². The fourth-order valence-electron chi connectivity index (χ4n) is 2.23. The molecule has 0 aliphatic rings. The lowest BCUT2D eigenvalue weighted by Crippen LogP contribution is -2.05. The second-order valence-electron chi connectivity index (χ2n) is 4.97. The highest BCUT2D eigenvalue weighted by Gasteiger charge is 2.12. The Labute approximate surface area is 140 Å². The van der Waals surface area contributed by atoms with Gasteiger partial charge < -0.3 is 14.2 Å². The molecular weight excluding hydrogens is 318 g/mol. The number of ether oxygens (including phenoxy) is 3. The van der Waals surface area contributed by atoms with Gasteiger partial charge >= 0.3 is 5.97 Å². The summed E-state index contributed by atoms with van der Waals surface area (Å²) < 4.78 is 15.7. The smallest absolute Gasteiger partial charge is 0.337 e. The van der Waals surface area contributed by atoms with Gasteiger partial charge in [0.1, 0.15) is 18.1 Å². The van der Waals surface area contributed by atoms with Crippen LogP contribution in [-0.4, -0.2) is 25.2 Å². The van der Waals surface area contributed by atoms with Gasteiger partial charge in [0, 0.05) is 17.3 Å². The quantitative estimate of drug-likeness (QED) is 0.779. The molecule has 0 saturated heterocycles. The number of methoxy groups -OCH3 is 2. The molecule has 0 amide bonds. The maximum Gasteiger partial charge on any atom is 0.337 e. The SMILES string of the molecule is COC(=O)c1ccc(OCc2ncc(C)c(OC)c2C)c(Cl)c1. The molecule has 0 radical (unpaired) electrons. The number of aryl methyl sites for hydroxylation is 1. The fourth-order valence-corrected chi connectivity index (χ4v) is 2.46. The fraction of sp³-hybridized carbons (Fsp3) is 0.294. The number of hydrogen-bond donors (Lipinski definition) is 0. The Kier molecular flexibility index (Phi) is 5.45. The van der Waals surface area contributed by atoms with Crippen LogP contribution in [0, 0.1) is 13.8 Å². The predicted molar refractivity (Wildman–Crippen MR) is 87.4 cm³/mol. The van der Waals surface area contributed by atoms with E-state index < -0.39 is 5.97 Å².